The van der Waals surface area contributed by atoms with Crippen LogP contribution >= 0.6 is 11.3 Å². The first-order chi connectivity index (χ1) is 9.95. The van der Waals surface area contributed by atoms with E-state index in [-0.39, 0.29) is 11.9 Å². The summed E-state index contributed by atoms with van der Waals surface area (Å²) in [6.45, 7) is 8.52. The maximum absolute atomic E-state index is 11.1. The van der Waals surface area contributed by atoms with Crippen molar-refractivity contribution in [3.63, 3.8) is 0 Å². The van der Waals surface area contributed by atoms with Crippen molar-refractivity contribution in [3.05, 3.63) is 45.4 Å². The van der Waals surface area contributed by atoms with Crippen LogP contribution in [0.2, 0.25) is 0 Å². The molecule has 0 aliphatic rings. The zero-order chi connectivity index (χ0) is 15.4. The molecule has 0 fully saturated rings. The van der Waals surface area contributed by atoms with Gasteiger partial charge in [0.25, 0.3) is 0 Å². The first-order valence-corrected chi connectivity index (χ1v) is 7.81. The molecule has 1 aromatic heterocycles. The van der Waals surface area contributed by atoms with Crippen molar-refractivity contribution in [2.45, 2.75) is 40.3 Å². The van der Waals surface area contributed by atoms with Crippen molar-refractivity contribution in [3.8, 4) is 0 Å². The van der Waals surface area contributed by atoms with Gasteiger partial charge in [-0.05, 0) is 38.5 Å². The zero-order valence-electron chi connectivity index (χ0n) is 12.9. The summed E-state index contributed by atoms with van der Waals surface area (Å²) >= 11 is 1.73. The third-order valence-corrected chi connectivity index (χ3v) is 4.35. The largest absolute Gasteiger partial charge is 0.326 e. The lowest BCUT2D eigenvalue weighted by Crippen LogP contribution is -2.18. The summed E-state index contributed by atoms with van der Waals surface area (Å²) in [7, 11) is 0. The Bertz CT molecular complexity index is 636. The number of hydrogen-bond acceptors (Lipinski definition) is 4. The number of carbonyl (C=O) groups is 1. The maximum atomic E-state index is 11.1. The fourth-order valence-corrected chi connectivity index (χ4v) is 3.08. The molecule has 0 saturated carbocycles. The number of aromatic nitrogens is 1. The Morgan fingerprint density at radius 1 is 1.38 bits per heavy atom. The molecule has 4 nitrogen and oxygen atoms in total. The lowest BCUT2D eigenvalue weighted by Gasteiger charge is -2.15. The number of rotatable bonds is 5. The second-order valence-electron chi connectivity index (χ2n) is 5.15. The highest BCUT2D eigenvalue weighted by atomic mass is 32.1. The molecule has 0 spiro atoms. The van der Waals surface area contributed by atoms with E-state index >= 15 is 0 Å². The first-order valence-electron chi connectivity index (χ1n) is 6.99. The fourth-order valence-electron chi connectivity index (χ4n) is 2.19. The number of hydrogen-bond donors (Lipinski definition) is 2. The summed E-state index contributed by atoms with van der Waals surface area (Å²) in [6.07, 6.45) is 0. The van der Waals surface area contributed by atoms with E-state index in [9.17, 15) is 4.79 Å². The smallest absolute Gasteiger partial charge is 0.221 e. The normalized spacial score (nSPS) is 12.2. The predicted octanol–water partition coefficient (Wildman–Crippen LogP) is 3.57. The fraction of sp³-hybridized carbons (Fsp3) is 0.375. The average molecular weight is 303 g/mol. The van der Waals surface area contributed by atoms with E-state index in [4.69, 9.17) is 0 Å². The molecule has 1 unspecified atom stereocenters. The Morgan fingerprint density at radius 3 is 2.76 bits per heavy atom. The van der Waals surface area contributed by atoms with Crippen LogP contribution in [0.25, 0.3) is 0 Å². The molecule has 2 N–H and O–H groups in total. The Labute approximate surface area is 129 Å². The van der Waals surface area contributed by atoms with Crippen LogP contribution in [0.5, 0.6) is 0 Å². The average Bonchev–Trinajstić information content (AvgIpc) is 2.74. The van der Waals surface area contributed by atoms with Crippen molar-refractivity contribution in [2.24, 2.45) is 0 Å². The lowest BCUT2D eigenvalue weighted by molar-refractivity contribution is -0.114. The van der Waals surface area contributed by atoms with Crippen molar-refractivity contribution in [1.82, 2.24) is 10.3 Å². The highest BCUT2D eigenvalue weighted by molar-refractivity contribution is 7.11. The van der Waals surface area contributed by atoms with Gasteiger partial charge in [0.2, 0.25) is 5.91 Å². The van der Waals surface area contributed by atoms with Crippen LogP contribution in [-0.4, -0.2) is 10.9 Å². The van der Waals surface area contributed by atoms with Gasteiger partial charge in [-0.15, -0.1) is 11.3 Å². The SMILES string of the molecule is CC(=O)Nc1cccc(C(C)NCc2sc(C)nc2C)c1. The van der Waals surface area contributed by atoms with Gasteiger partial charge in [-0.25, -0.2) is 4.98 Å². The molecular weight excluding hydrogens is 282 g/mol. The number of thiazole rings is 1. The molecule has 0 bridgehead atoms. The van der Waals surface area contributed by atoms with E-state index in [0.717, 1.165) is 28.5 Å². The van der Waals surface area contributed by atoms with Crippen molar-refractivity contribution < 1.29 is 4.79 Å². The molecule has 112 valence electrons. The summed E-state index contributed by atoms with van der Waals surface area (Å²) in [6, 6.07) is 8.13. The molecule has 1 aromatic carbocycles. The van der Waals surface area contributed by atoms with Crippen LogP contribution in [0, 0.1) is 13.8 Å². The highest BCUT2D eigenvalue weighted by Gasteiger charge is 2.09. The molecule has 1 amide bonds. The number of nitrogens with one attached hydrogen (secondary N) is 2. The Morgan fingerprint density at radius 2 is 2.14 bits per heavy atom. The third kappa shape index (κ3) is 4.37. The quantitative estimate of drug-likeness (QED) is 0.888. The van der Waals surface area contributed by atoms with Gasteiger partial charge in [0, 0.05) is 30.1 Å². The second-order valence-corrected chi connectivity index (χ2v) is 6.44. The topological polar surface area (TPSA) is 54.0 Å². The molecular formula is C16H21N3OS. The summed E-state index contributed by atoms with van der Waals surface area (Å²) in [4.78, 5) is 16.8. The van der Waals surface area contributed by atoms with Gasteiger partial charge in [-0.2, -0.15) is 0 Å². The van der Waals surface area contributed by atoms with Crippen molar-refractivity contribution >= 4 is 22.9 Å². The summed E-state index contributed by atoms with van der Waals surface area (Å²) in [5.74, 6) is -0.0523. The summed E-state index contributed by atoms with van der Waals surface area (Å²) < 4.78 is 0. The molecule has 0 aliphatic heterocycles. The number of benzene rings is 1. The monoisotopic (exact) mass is 303 g/mol. The number of nitrogens with zero attached hydrogens (tertiary/aromatic N) is 1. The molecule has 1 heterocycles. The molecule has 2 rings (SSSR count). The van der Waals surface area contributed by atoms with E-state index < -0.39 is 0 Å². The van der Waals surface area contributed by atoms with Gasteiger partial charge >= 0.3 is 0 Å². The molecule has 0 saturated heterocycles. The molecule has 0 radical (unpaired) electrons. The van der Waals surface area contributed by atoms with Crippen LogP contribution < -0.4 is 10.6 Å². The van der Waals surface area contributed by atoms with Gasteiger partial charge in [-0.1, -0.05) is 12.1 Å². The van der Waals surface area contributed by atoms with E-state index in [1.165, 1.54) is 11.8 Å². The summed E-state index contributed by atoms with van der Waals surface area (Å²) in [5, 5.41) is 7.42. The highest BCUT2D eigenvalue weighted by Crippen LogP contribution is 2.20. The van der Waals surface area contributed by atoms with Crippen LogP contribution in [0.4, 0.5) is 5.69 Å². The molecule has 1 atom stereocenters. The molecule has 2 aromatic rings. The molecule has 21 heavy (non-hydrogen) atoms. The number of amides is 1. The zero-order valence-corrected chi connectivity index (χ0v) is 13.7. The van der Waals surface area contributed by atoms with Gasteiger partial charge in [0.05, 0.1) is 10.7 Å². The van der Waals surface area contributed by atoms with E-state index in [2.05, 4.69) is 28.6 Å². The van der Waals surface area contributed by atoms with Crippen LogP contribution in [0.3, 0.4) is 0 Å². The second kappa shape index (κ2) is 6.83. The Balaban J connectivity index is 2.01. The lowest BCUT2D eigenvalue weighted by atomic mass is 10.1. The third-order valence-electron chi connectivity index (χ3n) is 3.28. The van der Waals surface area contributed by atoms with Gasteiger partial charge in [0.1, 0.15) is 0 Å². The minimum absolute atomic E-state index is 0.0523. The van der Waals surface area contributed by atoms with Gasteiger partial charge < -0.3 is 10.6 Å². The molecule has 5 heteroatoms. The Kier molecular flexibility index (Phi) is 5.09. The predicted molar refractivity (Wildman–Crippen MR) is 87.6 cm³/mol. The number of anilines is 1. The first kappa shape index (κ1) is 15.7. The van der Waals surface area contributed by atoms with Gasteiger partial charge in [0.15, 0.2) is 0 Å². The van der Waals surface area contributed by atoms with Crippen molar-refractivity contribution in [1.29, 1.82) is 0 Å². The minimum atomic E-state index is -0.0523. The molecule has 0 aliphatic carbocycles. The maximum Gasteiger partial charge on any atom is 0.221 e. The summed E-state index contributed by atoms with van der Waals surface area (Å²) in [5.41, 5.74) is 3.09. The van der Waals surface area contributed by atoms with Crippen LogP contribution in [-0.2, 0) is 11.3 Å². The van der Waals surface area contributed by atoms with E-state index in [1.807, 2.05) is 32.0 Å². The van der Waals surface area contributed by atoms with Crippen molar-refractivity contribution in [2.75, 3.05) is 5.32 Å². The van der Waals surface area contributed by atoms with Crippen LogP contribution in [0.15, 0.2) is 24.3 Å². The van der Waals surface area contributed by atoms with E-state index in [0.29, 0.717) is 0 Å². The van der Waals surface area contributed by atoms with E-state index in [1.54, 1.807) is 11.3 Å². The minimum Gasteiger partial charge on any atom is -0.326 e. The standard InChI is InChI=1S/C16H21N3OS/c1-10(17-9-16-11(2)18-13(4)21-16)14-6-5-7-15(8-14)19-12(3)20/h5-8,10,17H,9H2,1-4H3,(H,19,20). The van der Waals surface area contributed by atoms with Gasteiger partial charge in [-0.3, -0.25) is 4.79 Å². The number of carbonyl (C=O) groups excluding carboxylic acids is 1. The Hall–Kier alpha value is -1.72. The van der Waals surface area contributed by atoms with Crippen LogP contribution in [0.1, 0.15) is 41.0 Å². The number of aryl methyl sites for hydroxylation is 2.